The number of hydrogen-bond donors (Lipinski definition) is 3. The molecule has 0 aliphatic rings. The van der Waals surface area contributed by atoms with Gasteiger partial charge < -0.3 is 16.0 Å². The Morgan fingerprint density at radius 3 is 2.46 bits per heavy atom. The van der Waals surface area contributed by atoms with E-state index in [1.807, 2.05) is 54.6 Å². The standard InChI is InChI=1S/C21H19N3O2/c1-23-21(26)17(22)9-12-6-7-18-15(8-12)20(25)16-10-13-4-2-3-5-14(13)11-19(16)24-18/h2-8,10-11,17H,9,22H2,1H3,(H,23,26)(H,24,25)/t17-/m0/s1. The highest BCUT2D eigenvalue weighted by Gasteiger charge is 2.13. The van der Waals surface area contributed by atoms with Crippen molar-refractivity contribution in [3.8, 4) is 0 Å². The van der Waals surface area contributed by atoms with Crippen molar-refractivity contribution in [1.82, 2.24) is 10.3 Å². The van der Waals surface area contributed by atoms with Crippen LogP contribution in [0, 0.1) is 0 Å². The lowest BCUT2D eigenvalue weighted by Gasteiger charge is -2.11. The third kappa shape index (κ3) is 2.72. The zero-order valence-corrected chi connectivity index (χ0v) is 14.4. The van der Waals surface area contributed by atoms with Gasteiger partial charge in [-0.3, -0.25) is 9.59 Å². The number of aromatic amines is 1. The van der Waals surface area contributed by atoms with Gasteiger partial charge in [0.05, 0.1) is 11.6 Å². The van der Waals surface area contributed by atoms with E-state index >= 15 is 0 Å². The zero-order chi connectivity index (χ0) is 18.3. The van der Waals surface area contributed by atoms with Gasteiger partial charge in [0, 0.05) is 23.3 Å². The molecule has 4 aromatic rings. The third-order valence-corrected chi connectivity index (χ3v) is 4.77. The van der Waals surface area contributed by atoms with E-state index in [1.54, 1.807) is 7.05 Å². The van der Waals surface area contributed by atoms with E-state index in [2.05, 4.69) is 10.3 Å². The van der Waals surface area contributed by atoms with Gasteiger partial charge in [-0.1, -0.05) is 30.3 Å². The summed E-state index contributed by atoms with van der Waals surface area (Å²) in [5.74, 6) is -0.219. The molecule has 0 saturated heterocycles. The summed E-state index contributed by atoms with van der Waals surface area (Å²) in [6, 6.07) is 16.8. The monoisotopic (exact) mass is 345 g/mol. The molecule has 1 amide bonds. The van der Waals surface area contributed by atoms with E-state index in [-0.39, 0.29) is 11.3 Å². The van der Waals surface area contributed by atoms with Crippen LogP contribution in [0.2, 0.25) is 0 Å². The van der Waals surface area contributed by atoms with E-state index < -0.39 is 6.04 Å². The van der Waals surface area contributed by atoms with E-state index in [4.69, 9.17) is 5.73 Å². The molecule has 5 nitrogen and oxygen atoms in total. The van der Waals surface area contributed by atoms with E-state index in [0.717, 1.165) is 27.4 Å². The van der Waals surface area contributed by atoms with Crippen LogP contribution in [0.25, 0.3) is 32.6 Å². The molecule has 3 aromatic carbocycles. The maximum atomic E-state index is 13.0. The highest BCUT2D eigenvalue weighted by Crippen LogP contribution is 2.22. The molecule has 0 bridgehead atoms. The van der Waals surface area contributed by atoms with Gasteiger partial charge in [0.15, 0.2) is 5.43 Å². The topological polar surface area (TPSA) is 88.0 Å². The summed E-state index contributed by atoms with van der Waals surface area (Å²) >= 11 is 0. The average Bonchev–Trinajstić information content (AvgIpc) is 2.66. The second-order valence-corrected chi connectivity index (χ2v) is 6.50. The minimum atomic E-state index is -0.638. The molecule has 1 heterocycles. The number of carbonyl (C=O) groups is 1. The first kappa shape index (κ1) is 16.3. The SMILES string of the molecule is CNC(=O)[C@@H](N)Cc1ccc2[nH]c3cc4ccccc4cc3c(=O)c2c1. The molecule has 0 unspecified atom stereocenters. The maximum absolute atomic E-state index is 13.0. The van der Waals surface area contributed by atoms with E-state index in [0.29, 0.717) is 17.2 Å². The first-order chi connectivity index (χ1) is 12.6. The van der Waals surface area contributed by atoms with Gasteiger partial charge in [-0.25, -0.2) is 0 Å². The second-order valence-electron chi connectivity index (χ2n) is 6.50. The number of hydrogen-bond acceptors (Lipinski definition) is 3. The number of aromatic nitrogens is 1. The Morgan fingerprint density at radius 2 is 1.73 bits per heavy atom. The van der Waals surface area contributed by atoms with Crippen molar-refractivity contribution in [3.05, 3.63) is 70.4 Å². The van der Waals surface area contributed by atoms with Gasteiger partial charge in [-0.2, -0.15) is 0 Å². The largest absolute Gasteiger partial charge is 0.358 e. The van der Waals surface area contributed by atoms with Gasteiger partial charge in [-0.05, 0) is 47.0 Å². The van der Waals surface area contributed by atoms with Gasteiger partial charge >= 0.3 is 0 Å². The first-order valence-electron chi connectivity index (χ1n) is 8.51. The van der Waals surface area contributed by atoms with Crippen LogP contribution in [-0.2, 0) is 11.2 Å². The molecule has 0 aliphatic carbocycles. The number of likely N-dealkylation sites (N-methyl/N-ethyl adjacent to an activating group) is 1. The van der Waals surface area contributed by atoms with Crippen LogP contribution >= 0.6 is 0 Å². The van der Waals surface area contributed by atoms with Crippen LogP contribution in [0.15, 0.2) is 59.4 Å². The molecule has 4 N–H and O–H groups in total. The first-order valence-corrected chi connectivity index (χ1v) is 8.51. The van der Waals surface area contributed by atoms with Crippen molar-refractivity contribution >= 4 is 38.5 Å². The van der Waals surface area contributed by atoms with Crippen LogP contribution in [0.1, 0.15) is 5.56 Å². The molecule has 0 fully saturated rings. The molecule has 0 radical (unpaired) electrons. The third-order valence-electron chi connectivity index (χ3n) is 4.77. The van der Waals surface area contributed by atoms with Crippen molar-refractivity contribution in [2.24, 2.45) is 5.73 Å². The van der Waals surface area contributed by atoms with Crippen molar-refractivity contribution in [2.45, 2.75) is 12.5 Å². The van der Waals surface area contributed by atoms with E-state index in [9.17, 15) is 9.59 Å². The van der Waals surface area contributed by atoms with Crippen LogP contribution < -0.4 is 16.5 Å². The Labute approximate surface area is 149 Å². The number of pyridine rings is 1. The van der Waals surface area contributed by atoms with Crippen molar-refractivity contribution < 1.29 is 4.79 Å². The van der Waals surface area contributed by atoms with Gasteiger partial charge in [0.1, 0.15) is 0 Å². The van der Waals surface area contributed by atoms with Crippen LogP contribution in [0.4, 0.5) is 0 Å². The highest BCUT2D eigenvalue weighted by molar-refractivity contribution is 6.01. The summed E-state index contributed by atoms with van der Waals surface area (Å²) in [4.78, 5) is 28.0. The second kappa shape index (κ2) is 6.28. The number of H-pyrrole nitrogens is 1. The van der Waals surface area contributed by atoms with Crippen molar-refractivity contribution in [2.75, 3.05) is 7.05 Å². The van der Waals surface area contributed by atoms with Crippen LogP contribution in [-0.4, -0.2) is 24.0 Å². The summed E-state index contributed by atoms with van der Waals surface area (Å²) in [5.41, 5.74) is 8.33. The summed E-state index contributed by atoms with van der Waals surface area (Å²) in [6.45, 7) is 0. The van der Waals surface area contributed by atoms with Gasteiger partial charge in [-0.15, -0.1) is 0 Å². The Kier molecular flexibility index (Phi) is 3.93. The van der Waals surface area contributed by atoms with Crippen molar-refractivity contribution in [3.63, 3.8) is 0 Å². The molecule has 0 aliphatic heterocycles. The molecule has 0 saturated carbocycles. The Morgan fingerprint density at radius 1 is 1.04 bits per heavy atom. The van der Waals surface area contributed by atoms with Crippen molar-refractivity contribution in [1.29, 1.82) is 0 Å². The molecule has 1 aromatic heterocycles. The fourth-order valence-corrected chi connectivity index (χ4v) is 3.37. The fourth-order valence-electron chi connectivity index (χ4n) is 3.37. The molecular weight excluding hydrogens is 326 g/mol. The number of nitrogens with two attached hydrogens (primary N) is 1. The number of rotatable bonds is 3. The van der Waals surface area contributed by atoms with Gasteiger partial charge in [0.2, 0.25) is 5.91 Å². The Balaban J connectivity index is 1.88. The highest BCUT2D eigenvalue weighted by atomic mass is 16.2. The molecule has 130 valence electrons. The van der Waals surface area contributed by atoms with Gasteiger partial charge in [0.25, 0.3) is 0 Å². The number of benzene rings is 3. The summed E-state index contributed by atoms with van der Waals surface area (Å²) in [5, 5.41) is 5.92. The Bertz CT molecular complexity index is 1210. The zero-order valence-electron chi connectivity index (χ0n) is 14.4. The lowest BCUT2D eigenvalue weighted by molar-refractivity contribution is -0.121. The lowest BCUT2D eigenvalue weighted by atomic mass is 10.0. The van der Waals surface area contributed by atoms with Crippen LogP contribution in [0.5, 0.6) is 0 Å². The summed E-state index contributed by atoms with van der Waals surface area (Å²) in [6.07, 6.45) is 0.380. The average molecular weight is 345 g/mol. The summed E-state index contributed by atoms with van der Waals surface area (Å²) < 4.78 is 0. The molecular formula is C21H19N3O2. The fraction of sp³-hybridized carbons (Fsp3) is 0.143. The summed E-state index contributed by atoms with van der Waals surface area (Å²) in [7, 11) is 1.56. The normalized spacial score (nSPS) is 12.5. The molecule has 26 heavy (non-hydrogen) atoms. The Hall–Kier alpha value is -3.18. The number of carbonyl (C=O) groups excluding carboxylic acids is 1. The predicted molar refractivity (Wildman–Crippen MR) is 105 cm³/mol. The van der Waals surface area contributed by atoms with E-state index in [1.165, 1.54) is 0 Å². The molecule has 4 rings (SSSR count). The van der Waals surface area contributed by atoms with Crippen LogP contribution in [0.3, 0.4) is 0 Å². The lowest BCUT2D eigenvalue weighted by Crippen LogP contribution is -2.40. The number of nitrogens with one attached hydrogen (secondary N) is 2. The predicted octanol–water partition coefficient (Wildman–Crippen LogP) is 2.45. The number of fused-ring (bicyclic) bond motifs is 3. The molecule has 5 heteroatoms. The maximum Gasteiger partial charge on any atom is 0.237 e. The number of amides is 1. The molecule has 0 spiro atoms. The molecule has 1 atom stereocenters. The smallest absolute Gasteiger partial charge is 0.237 e. The quantitative estimate of drug-likeness (QED) is 0.498. The minimum Gasteiger partial charge on any atom is -0.358 e. The minimum absolute atomic E-state index is 0.0186.